The second kappa shape index (κ2) is 24.1. The molecule has 6 nitrogen and oxygen atoms in total. The third-order valence-electron chi connectivity index (χ3n) is 6.07. The van der Waals surface area contributed by atoms with Crippen LogP contribution in [0.4, 0.5) is 11.4 Å². The van der Waals surface area contributed by atoms with E-state index in [-0.39, 0.29) is 23.5 Å². The van der Waals surface area contributed by atoms with E-state index in [9.17, 15) is 0 Å². The summed E-state index contributed by atoms with van der Waals surface area (Å²) >= 11 is -1.77. The van der Waals surface area contributed by atoms with Crippen LogP contribution in [0.25, 0.3) is 0 Å². The first-order chi connectivity index (χ1) is 20.5. The van der Waals surface area contributed by atoms with Crippen molar-refractivity contribution in [1.82, 2.24) is 0 Å². The van der Waals surface area contributed by atoms with Crippen LogP contribution in [0.15, 0.2) is 24.3 Å². The standard InChI is InChI=1S/C21H26N2.C10H12O.3CO.2ClH.Cr.Ru/c1-14-9-16(3)20(17(4)10-14)22-7-8-23(13-22)21-18(5)11-15(2)12-19(21)6;1-8(2)11-10-7-5-4-6-9(10)3;3*1-2;;;;/h9-12H,7-8H2,1-6H3;3-8H,1-2H3;;;;2*1H;;/q;;;;;;;;+2/p-2. The SMILES string of the molecule is CC(C)O[C]1[CH][CH][CH][CH][C]1[CH]=[Ru]([Cl])[Cl].Cc1cc(C)c(N2[C]N(c3c(C)cc(C)cc3C)CC2)c(C)c1.[C-]#[O+].[C-]#[O+].[C-]#[O+].[Cr]. The molecular formula is C34H38Cl2CrN2O4Ru. The zero-order chi connectivity index (χ0) is 33.3. The van der Waals surface area contributed by atoms with E-state index in [2.05, 4.69) is 102 Å². The molecule has 0 amide bonds. The molecule has 1 saturated heterocycles. The van der Waals surface area contributed by atoms with Crippen molar-refractivity contribution in [3.63, 3.8) is 0 Å². The number of benzene rings is 2. The second-order valence-electron chi connectivity index (χ2n) is 9.91. The Labute approximate surface area is 289 Å². The number of ether oxygens (including phenoxy) is 1. The molecule has 4 rings (SSSR count). The van der Waals surface area contributed by atoms with Crippen molar-refractivity contribution in [2.24, 2.45) is 0 Å². The molecule has 0 atom stereocenters. The summed E-state index contributed by atoms with van der Waals surface area (Å²) in [6, 6.07) is 9.04. The van der Waals surface area contributed by atoms with E-state index in [1.165, 1.54) is 44.8 Å². The Morgan fingerprint density at radius 1 is 0.750 bits per heavy atom. The van der Waals surface area contributed by atoms with Gasteiger partial charge in [-0.05, 0) is 63.8 Å². The summed E-state index contributed by atoms with van der Waals surface area (Å²) in [5.74, 6) is 0.991. The van der Waals surface area contributed by atoms with Gasteiger partial charge in [0.2, 0.25) is 6.67 Å². The molecule has 0 unspecified atom stereocenters. The first kappa shape index (κ1) is 44.9. The first-order valence-corrected chi connectivity index (χ1v) is 18.6. The molecule has 0 spiro atoms. The van der Waals surface area contributed by atoms with Crippen LogP contribution in [0.1, 0.15) is 47.2 Å². The molecule has 236 valence electrons. The van der Waals surface area contributed by atoms with Crippen molar-refractivity contribution in [2.75, 3.05) is 22.9 Å². The van der Waals surface area contributed by atoms with Crippen molar-refractivity contribution in [3.8, 4) is 0 Å². The molecule has 2 aromatic carbocycles. The third-order valence-corrected chi connectivity index (χ3v) is 7.90. The Hall–Kier alpha value is -1.17. The molecule has 2 aliphatic rings. The van der Waals surface area contributed by atoms with E-state index in [1.54, 1.807) is 0 Å². The van der Waals surface area contributed by atoms with E-state index in [1.807, 2.05) is 44.1 Å². The van der Waals surface area contributed by atoms with Crippen LogP contribution in [0, 0.1) is 106 Å². The maximum absolute atomic E-state index is 7.50. The summed E-state index contributed by atoms with van der Waals surface area (Å²) < 4.78 is 30.0. The average molecular weight is 763 g/mol. The Kier molecular flexibility index (Phi) is 24.6. The van der Waals surface area contributed by atoms with Crippen LogP contribution >= 0.6 is 19.4 Å². The number of nitrogens with zero attached hydrogens (tertiary/aromatic N) is 2. The molecule has 1 aliphatic heterocycles. The molecule has 0 aromatic heterocycles. The minimum Gasteiger partial charge on any atom is 0 e. The van der Waals surface area contributed by atoms with Crippen LogP contribution in [0.5, 0.6) is 0 Å². The van der Waals surface area contributed by atoms with Gasteiger partial charge in [-0.25, -0.2) is 0 Å². The van der Waals surface area contributed by atoms with E-state index >= 15 is 0 Å². The second-order valence-corrected chi connectivity index (χ2v) is 15.6. The van der Waals surface area contributed by atoms with Crippen LogP contribution in [-0.4, -0.2) is 23.8 Å². The minimum atomic E-state index is -1.77. The molecule has 2 aromatic rings. The van der Waals surface area contributed by atoms with Gasteiger partial charge in [-0.15, -0.1) is 0 Å². The summed E-state index contributed by atoms with van der Waals surface area (Å²) in [5.41, 5.74) is 10.6. The smallest absolute Gasteiger partial charge is 0 e. The number of rotatable bonds is 5. The fourth-order valence-corrected chi connectivity index (χ4v) is 6.78. The largest absolute Gasteiger partial charge is 0 e. The molecular weight excluding hydrogens is 724 g/mol. The van der Waals surface area contributed by atoms with Gasteiger partial charge in [0.05, 0.1) is 0 Å². The van der Waals surface area contributed by atoms with Crippen LogP contribution in [-0.2, 0) is 49.6 Å². The molecule has 1 saturated carbocycles. The Morgan fingerprint density at radius 3 is 1.45 bits per heavy atom. The maximum Gasteiger partial charge on any atom is 0 e. The number of anilines is 2. The molecule has 0 bridgehead atoms. The van der Waals surface area contributed by atoms with Gasteiger partial charge in [-0.1, -0.05) is 35.4 Å². The van der Waals surface area contributed by atoms with Gasteiger partial charge in [-0.2, -0.15) is 0 Å². The van der Waals surface area contributed by atoms with Crippen molar-refractivity contribution >= 4 is 35.4 Å². The topological polar surface area (TPSA) is 75.4 Å². The van der Waals surface area contributed by atoms with Crippen LogP contribution in [0.3, 0.4) is 0 Å². The van der Waals surface area contributed by atoms with Crippen molar-refractivity contribution in [1.29, 1.82) is 0 Å². The normalized spacial score (nSPS) is 14.6. The Morgan fingerprint density at radius 2 is 1.11 bits per heavy atom. The fourth-order valence-electron chi connectivity index (χ4n) is 4.97. The predicted octanol–water partition coefficient (Wildman–Crippen LogP) is 7.82. The van der Waals surface area contributed by atoms with Crippen LogP contribution < -0.4 is 9.80 Å². The summed E-state index contributed by atoms with van der Waals surface area (Å²) in [6.07, 6.45) is 8.79. The summed E-state index contributed by atoms with van der Waals surface area (Å²) in [5, 5.41) is 0. The molecule has 0 N–H and O–H groups in total. The van der Waals surface area contributed by atoms with Crippen LogP contribution in [0.2, 0.25) is 0 Å². The molecule has 10 heteroatoms. The van der Waals surface area contributed by atoms with Gasteiger partial charge >= 0.3 is 134 Å². The maximum atomic E-state index is 7.50. The number of hydrogen-bond acceptors (Lipinski definition) is 3. The average Bonchev–Trinajstić information content (AvgIpc) is 3.41. The molecule has 2 fully saturated rings. The monoisotopic (exact) mass is 762 g/mol. The van der Waals surface area contributed by atoms with E-state index in [0.717, 1.165) is 25.1 Å². The fraction of sp³-hybridized carbons (Fsp3) is 0.324. The quantitative estimate of drug-likeness (QED) is 0.177. The zero-order valence-corrected chi connectivity index (χ0v) is 30.8. The Bertz CT molecular complexity index is 1120. The van der Waals surface area contributed by atoms with Gasteiger partial charge in [0.15, 0.2) is 0 Å². The van der Waals surface area contributed by atoms with Crippen molar-refractivity contribution < 1.29 is 49.6 Å². The van der Waals surface area contributed by atoms with Gasteiger partial charge < -0.3 is 9.80 Å². The third kappa shape index (κ3) is 14.5. The zero-order valence-electron chi connectivity index (χ0n) is 26.2. The molecule has 8 radical (unpaired) electrons. The van der Waals surface area contributed by atoms with E-state index in [4.69, 9.17) is 38.1 Å². The first-order valence-electron chi connectivity index (χ1n) is 13.1. The number of halogens is 2. The predicted molar refractivity (Wildman–Crippen MR) is 169 cm³/mol. The molecule has 1 aliphatic carbocycles. The van der Waals surface area contributed by atoms with E-state index in [0.29, 0.717) is 0 Å². The van der Waals surface area contributed by atoms with Gasteiger partial charge in [0, 0.05) is 41.8 Å². The Balaban J connectivity index is 0. The summed E-state index contributed by atoms with van der Waals surface area (Å²) in [4.78, 5) is 4.56. The summed E-state index contributed by atoms with van der Waals surface area (Å²) in [7, 11) is 11.6. The molecule has 1 heterocycles. The van der Waals surface area contributed by atoms with E-state index < -0.39 is 13.5 Å². The minimum absolute atomic E-state index is 0. The van der Waals surface area contributed by atoms with Crippen molar-refractivity contribution in [3.05, 3.63) is 122 Å². The van der Waals surface area contributed by atoms with Gasteiger partial charge in [-0.3, -0.25) is 0 Å². The van der Waals surface area contributed by atoms with Gasteiger partial charge in [0.25, 0.3) is 0 Å². The number of aryl methyl sites for hydroxylation is 6. The summed E-state index contributed by atoms with van der Waals surface area (Å²) in [6.45, 7) is 36.2. The number of hydrogen-bond donors (Lipinski definition) is 0. The van der Waals surface area contributed by atoms with Gasteiger partial charge in [0.1, 0.15) is 0 Å². The van der Waals surface area contributed by atoms with Crippen molar-refractivity contribution in [2.45, 2.75) is 61.5 Å². The molecule has 44 heavy (non-hydrogen) atoms.